The zero-order chi connectivity index (χ0) is 50.3. The number of ether oxygens (including phenoxy) is 1. The largest absolute Gasteiger partial charge is 0.483 e. The number of hydrogen-bond donors (Lipinski definition) is 4. The van der Waals surface area contributed by atoms with E-state index in [1.54, 1.807) is 4.90 Å². The smallest absolute Gasteiger partial charge is 0.317 e. The van der Waals surface area contributed by atoms with Gasteiger partial charge in [0.2, 0.25) is 11.8 Å². The summed E-state index contributed by atoms with van der Waals surface area (Å²) in [5.74, 6) is -1.62. The molecule has 2 amide bonds. The topological polar surface area (TPSA) is 212 Å². The monoisotopic (exact) mass is 937 g/mol. The number of amides is 2. The summed E-state index contributed by atoms with van der Waals surface area (Å²) >= 11 is 0. The van der Waals surface area contributed by atoms with Gasteiger partial charge in [-0.15, -0.1) is 0 Å². The van der Waals surface area contributed by atoms with Crippen molar-refractivity contribution in [2.75, 3.05) is 118 Å². The first kappa shape index (κ1) is 61.8. The summed E-state index contributed by atoms with van der Waals surface area (Å²) in [6.07, 6.45) is 5.20. The third-order valence-electron chi connectivity index (χ3n) is 11.3. The highest BCUT2D eigenvalue weighted by Crippen LogP contribution is 2.23. The SMILES string of the molecule is CCN(CC(C)(C)COCC(C)(C)CN(CC)C(=O)CCc1ccc(C)cc1)C(=O)CCCCC(C)C.CCN1CCN(CC(=O)O)CCN(CC(=O)O)CCN(CC(=O)O)CC1.O=CO. The van der Waals surface area contributed by atoms with E-state index >= 15 is 0 Å². The Kier molecular flexibility index (Phi) is 32.0. The number of carboxylic acid groups (broad SMARTS) is 4. The maximum atomic E-state index is 12.9. The van der Waals surface area contributed by atoms with Crippen LogP contribution >= 0.6 is 0 Å². The number of benzene rings is 1. The van der Waals surface area contributed by atoms with Crippen LogP contribution in [-0.2, 0) is 39.9 Å². The summed E-state index contributed by atoms with van der Waals surface area (Å²) in [6, 6.07) is 8.42. The molecule has 0 saturated carbocycles. The number of aliphatic carboxylic acids is 3. The minimum atomic E-state index is -0.955. The fraction of sp³-hybridized carbons (Fsp3) is 0.755. The van der Waals surface area contributed by atoms with Crippen molar-refractivity contribution in [3.63, 3.8) is 0 Å². The highest BCUT2D eigenvalue weighted by atomic mass is 16.5. The standard InChI is InChI=1S/C32H56N2O3.C16H30N4O6.CH2O2/c1-10-33(29(35)15-13-12-14-26(3)4)22-31(6,7)24-37-25-32(8,9)23-34(11-2)30(36)21-20-28-18-16-27(5)17-19-28;1-2-17-3-5-18(11-14(21)22)7-9-20(13-16(25)26)10-8-19(6-4-17)12-15(23)24;2-1-3/h16-19,26H,10-15,20-25H2,1-9H3;2-13H2,1H3,(H,21,22)(H,23,24)(H,25,26);1H,(H,2,3). The van der Waals surface area contributed by atoms with E-state index < -0.39 is 17.9 Å². The molecule has 1 aromatic rings. The summed E-state index contributed by atoms with van der Waals surface area (Å²) in [7, 11) is 0. The predicted molar refractivity (Wildman–Crippen MR) is 259 cm³/mol. The van der Waals surface area contributed by atoms with Crippen LogP contribution in [0.4, 0.5) is 0 Å². The number of aryl methyl sites for hydroxylation is 2. The van der Waals surface area contributed by atoms with E-state index in [2.05, 4.69) is 84.6 Å². The average molecular weight is 937 g/mol. The van der Waals surface area contributed by atoms with Crippen LogP contribution in [0.5, 0.6) is 0 Å². The average Bonchev–Trinajstić information content (AvgIpc) is 3.22. The molecule has 66 heavy (non-hydrogen) atoms. The number of unbranched alkanes of at least 4 members (excludes halogenated alkanes) is 1. The van der Waals surface area contributed by atoms with Crippen molar-refractivity contribution in [2.45, 2.75) is 108 Å². The lowest BCUT2D eigenvalue weighted by molar-refractivity contribution is -0.140. The van der Waals surface area contributed by atoms with E-state index in [4.69, 9.17) is 30.0 Å². The minimum absolute atomic E-state index is 0.0798. The number of nitrogens with zero attached hydrogens (tertiary/aromatic N) is 6. The molecule has 0 aromatic heterocycles. The molecular weight excluding hydrogens is 849 g/mol. The second kappa shape index (κ2) is 34.2. The number of likely N-dealkylation sites (N-methyl/N-ethyl adjacent to an activating group) is 1. The van der Waals surface area contributed by atoms with Crippen molar-refractivity contribution < 1.29 is 53.9 Å². The van der Waals surface area contributed by atoms with Gasteiger partial charge in [0.1, 0.15) is 0 Å². The number of carbonyl (C=O) groups is 6. The highest BCUT2D eigenvalue weighted by molar-refractivity contribution is 5.77. The maximum Gasteiger partial charge on any atom is 0.317 e. The summed E-state index contributed by atoms with van der Waals surface area (Å²) in [4.78, 5) is 78.7. The molecule has 1 heterocycles. The zero-order valence-electron chi connectivity index (χ0n) is 42.3. The fourth-order valence-corrected chi connectivity index (χ4v) is 7.57. The normalized spacial score (nSPS) is 15.0. The quantitative estimate of drug-likeness (QED) is 0.0743. The van der Waals surface area contributed by atoms with Gasteiger partial charge in [-0.25, -0.2) is 0 Å². The van der Waals surface area contributed by atoms with Gasteiger partial charge in [-0.05, 0) is 51.6 Å². The van der Waals surface area contributed by atoms with Crippen molar-refractivity contribution in [1.82, 2.24) is 29.4 Å². The van der Waals surface area contributed by atoms with Crippen LogP contribution in [0.1, 0.15) is 106 Å². The molecule has 0 unspecified atom stereocenters. The van der Waals surface area contributed by atoms with E-state index in [1.807, 2.05) is 33.4 Å². The molecule has 0 radical (unpaired) electrons. The van der Waals surface area contributed by atoms with Gasteiger partial charge in [0.05, 0.1) is 32.8 Å². The van der Waals surface area contributed by atoms with E-state index in [-0.39, 0.29) is 48.8 Å². The molecule has 4 N–H and O–H groups in total. The van der Waals surface area contributed by atoms with E-state index in [0.717, 1.165) is 32.4 Å². The van der Waals surface area contributed by atoms with Crippen molar-refractivity contribution in [3.05, 3.63) is 35.4 Å². The van der Waals surface area contributed by atoms with Gasteiger partial charge >= 0.3 is 17.9 Å². The lowest BCUT2D eigenvalue weighted by Gasteiger charge is -2.35. The van der Waals surface area contributed by atoms with Crippen molar-refractivity contribution >= 4 is 36.2 Å². The van der Waals surface area contributed by atoms with Crippen LogP contribution < -0.4 is 0 Å². The number of carbonyl (C=O) groups excluding carboxylic acids is 2. The molecule has 1 aliphatic rings. The molecule has 0 atom stereocenters. The van der Waals surface area contributed by atoms with Gasteiger partial charge in [0.25, 0.3) is 6.47 Å². The molecular formula is C49H88N6O11. The van der Waals surface area contributed by atoms with Crippen LogP contribution in [0.15, 0.2) is 24.3 Å². The summed E-state index contributed by atoms with van der Waals surface area (Å²) in [5.41, 5.74) is 2.16. The maximum absolute atomic E-state index is 12.9. The lowest BCUT2D eigenvalue weighted by Crippen LogP contribution is -2.48. The molecule has 1 aliphatic heterocycles. The van der Waals surface area contributed by atoms with Crippen LogP contribution in [0.25, 0.3) is 0 Å². The summed E-state index contributed by atoms with van der Waals surface area (Å²) < 4.78 is 6.20. The number of rotatable bonds is 25. The van der Waals surface area contributed by atoms with Crippen LogP contribution in [-0.4, -0.2) is 204 Å². The molecule has 0 spiro atoms. The Labute approximate surface area is 396 Å². The highest BCUT2D eigenvalue weighted by Gasteiger charge is 2.28. The third kappa shape index (κ3) is 30.9. The van der Waals surface area contributed by atoms with E-state index in [0.29, 0.717) is 104 Å². The molecule has 1 saturated heterocycles. The zero-order valence-corrected chi connectivity index (χ0v) is 42.3. The molecule has 0 aliphatic carbocycles. The van der Waals surface area contributed by atoms with Crippen molar-refractivity contribution in [1.29, 1.82) is 0 Å². The van der Waals surface area contributed by atoms with Gasteiger partial charge in [0, 0.05) is 102 Å². The molecule has 2 rings (SSSR count). The van der Waals surface area contributed by atoms with Gasteiger partial charge < -0.3 is 39.9 Å². The van der Waals surface area contributed by atoms with Gasteiger partial charge in [-0.1, -0.05) is 91.1 Å². The van der Waals surface area contributed by atoms with Gasteiger partial charge in [-0.2, -0.15) is 0 Å². The van der Waals surface area contributed by atoms with Gasteiger partial charge in [-0.3, -0.25) is 43.5 Å². The summed E-state index contributed by atoms with van der Waals surface area (Å²) in [6.45, 7) is 29.8. The van der Waals surface area contributed by atoms with Crippen LogP contribution in [0.2, 0.25) is 0 Å². The van der Waals surface area contributed by atoms with E-state index in [1.165, 1.54) is 17.5 Å². The second-order valence-electron chi connectivity index (χ2n) is 19.3. The Hall–Kier alpha value is -4.16. The Morgan fingerprint density at radius 1 is 0.652 bits per heavy atom. The molecule has 1 fully saturated rings. The number of hydrogen-bond acceptors (Lipinski definition) is 11. The first-order chi connectivity index (χ1) is 31.0. The predicted octanol–water partition coefficient (Wildman–Crippen LogP) is 5.09. The second-order valence-corrected chi connectivity index (χ2v) is 19.3. The molecule has 1 aromatic carbocycles. The van der Waals surface area contributed by atoms with Gasteiger partial charge in [0.15, 0.2) is 0 Å². The lowest BCUT2D eigenvalue weighted by atomic mass is 9.92. The Bertz CT molecular complexity index is 1510. The first-order valence-electron chi connectivity index (χ1n) is 23.8. The van der Waals surface area contributed by atoms with E-state index in [9.17, 15) is 24.0 Å². The minimum Gasteiger partial charge on any atom is -0.483 e. The van der Waals surface area contributed by atoms with Crippen molar-refractivity contribution in [3.8, 4) is 0 Å². The van der Waals surface area contributed by atoms with Crippen LogP contribution in [0, 0.1) is 23.7 Å². The van der Waals surface area contributed by atoms with Crippen molar-refractivity contribution in [2.24, 2.45) is 16.7 Å². The number of carboxylic acids is 3. The molecule has 0 bridgehead atoms. The molecule has 17 nitrogen and oxygen atoms in total. The summed E-state index contributed by atoms with van der Waals surface area (Å²) in [5, 5.41) is 34.1. The third-order valence-corrected chi connectivity index (χ3v) is 11.3. The van der Waals surface area contributed by atoms with Crippen LogP contribution in [0.3, 0.4) is 0 Å². The Morgan fingerprint density at radius 3 is 1.35 bits per heavy atom. The fourth-order valence-electron chi connectivity index (χ4n) is 7.57. The molecule has 380 valence electrons. The first-order valence-corrected chi connectivity index (χ1v) is 23.8. The molecule has 17 heteroatoms. The Morgan fingerprint density at radius 2 is 1.02 bits per heavy atom. The Balaban J connectivity index is 0.00000127.